The largest absolute Gasteiger partial charge is 0.0651 e. The van der Waals surface area contributed by atoms with E-state index in [4.69, 9.17) is 0 Å². The summed E-state index contributed by atoms with van der Waals surface area (Å²) < 4.78 is 0. The van der Waals surface area contributed by atoms with Gasteiger partial charge in [-0.25, -0.2) is 0 Å². The fraction of sp³-hybridized carbons (Fsp3) is 1.00. The lowest BCUT2D eigenvalue weighted by Crippen LogP contribution is -2.29. The van der Waals surface area contributed by atoms with Crippen LogP contribution in [0.2, 0.25) is 0 Å². The number of rotatable bonds is 9. The maximum atomic E-state index is 2.44. The first-order valence-corrected chi connectivity index (χ1v) is 34.2. The van der Waals surface area contributed by atoms with Gasteiger partial charge in [0.05, 0.1) is 0 Å². The van der Waals surface area contributed by atoms with E-state index < -0.39 is 0 Å². The molecule has 5 rings (SSSR count). The Morgan fingerprint density at radius 1 is 0.397 bits per heavy atom. The Labute approximate surface area is 503 Å². The van der Waals surface area contributed by atoms with Crippen LogP contribution in [0.3, 0.4) is 0 Å². The van der Waals surface area contributed by atoms with E-state index in [2.05, 4.69) is 298 Å². The summed E-state index contributed by atoms with van der Waals surface area (Å²) in [5, 5.41) is 0. The third-order valence-electron chi connectivity index (χ3n) is 23.7. The number of hydrogen-bond acceptors (Lipinski definition) is 0. The zero-order chi connectivity index (χ0) is 64.0. The highest BCUT2D eigenvalue weighted by molar-refractivity contribution is 5.00. The van der Waals surface area contributed by atoms with Crippen molar-refractivity contribution in [2.24, 2.45) is 131 Å². The number of hydrogen-bond donors (Lipinski definition) is 0. The van der Waals surface area contributed by atoms with Crippen molar-refractivity contribution >= 4 is 0 Å². The van der Waals surface area contributed by atoms with Gasteiger partial charge in [-0.2, -0.15) is 0 Å². The summed E-state index contributed by atoms with van der Waals surface area (Å²) in [5.74, 6) is 12.7. The van der Waals surface area contributed by atoms with Crippen LogP contribution in [-0.4, -0.2) is 0 Å². The van der Waals surface area contributed by atoms with Gasteiger partial charge in [0, 0.05) is 0 Å². The molecule has 0 heteroatoms. The normalized spacial score (nSPS) is 22.6. The average Bonchev–Trinajstić information content (AvgIpc) is 4.03. The van der Waals surface area contributed by atoms with Gasteiger partial charge in [-0.3, -0.25) is 0 Å². The molecule has 0 radical (unpaired) electrons. The van der Waals surface area contributed by atoms with Gasteiger partial charge >= 0.3 is 0 Å². The highest BCUT2D eigenvalue weighted by Crippen LogP contribution is 2.60. The molecule has 0 N–H and O–H groups in total. The average molecular weight is 1100 g/mol. The highest BCUT2D eigenvalue weighted by atomic mass is 14.5. The first-order valence-electron chi connectivity index (χ1n) is 34.2. The van der Waals surface area contributed by atoms with Crippen LogP contribution >= 0.6 is 0 Å². The van der Waals surface area contributed by atoms with E-state index >= 15 is 0 Å². The van der Waals surface area contributed by atoms with E-state index in [1.165, 1.54) is 69.6 Å². The van der Waals surface area contributed by atoms with Crippen molar-refractivity contribution in [2.75, 3.05) is 0 Å². The van der Waals surface area contributed by atoms with Crippen molar-refractivity contribution in [1.29, 1.82) is 0 Å². The molecule has 78 heavy (non-hydrogen) atoms. The van der Waals surface area contributed by atoms with E-state index in [9.17, 15) is 0 Å². The van der Waals surface area contributed by atoms with Crippen LogP contribution in [-0.2, 0) is 0 Å². The summed E-state index contributed by atoms with van der Waals surface area (Å²) >= 11 is 0. The van der Waals surface area contributed by atoms with Crippen LogP contribution in [0.5, 0.6) is 0 Å². The molecular weight excluding hydrogens is 937 g/mol. The summed E-state index contributed by atoms with van der Waals surface area (Å²) in [7, 11) is 0. The van der Waals surface area contributed by atoms with E-state index in [1.807, 2.05) is 0 Å². The van der Waals surface area contributed by atoms with Gasteiger partial charge in [0.1, 0.15) is 0 Å². The molecule has 0 aliphatic heterocycles. The zero-order valence-electron chi connectivity index (χ0n) is 64.0. The van der Waals surface area contributed by atoms with Crippen molar-refractivity contribution in [2.45, 2.75) is 375 Å². The van der Waals surface area contributed by atoms with Crippen LogP contribution in [0.25, 0.3) is 0 Å². The zero-order valence-corrected chi connectivity index (χ0v) is 64.0. The summed E-state index contributed by atoms with van der Waals surface area (Å²) in [6, 6.07) is 0. The van der Waals surface area contributed by atoms with Gasteiger partial charge in [0.15, 0.2) is 0 Å². The molecule has 0 heterocycles. The highest BCUT2D eigenvalue weighted by Gasteiger charge is 2.49. The van der Waals surface area contributed by atoms with Crippen LogP contribution in [0.1, 0.15) is 375 Å². The standard InChI is InChI=1S/C9H20.6C8H18.2C7H12.C7H14/c1-7-9(5,6)8(2,3)4;2*1-7(2,3)8(4,5)6;2*1-6-7(2)8(3,4)5;1-6-8(4,5)7(2)3;1-6(2)8(5)7(3)4;1-7(4-5-7)6-2-3-6;1-5-4-7(5)6-2-3-6;1-5-4-6(2)7(5)3/h7H2,1-6H3;2*1-6H3;3*7H,6H2,1-5H3;6-8H,1-5H3;6H,2-5H2,1H3;5-7H,2-4H2,1H3;5-7H,4H2,1-3H3/t;;;7-;;;;;5-,7?;/m...1....0./s1. The molecule has 478 valence electrons. The van der Waals surface area contributed by atoms with Crippen molar-refractivity contribution in [1.82, 2.24) is 0 Å². The summed E-state index contributed by atoms with van der Waals surface area (Å²) in [6.07, 6.45) is 17.4. The lowest BCUT2D eigenvalue weighted by Gasteiger charge is -2.38. The fourth-order valence-corrected chi connectivity index (χ4v) is 7.23. The summed E-state index contributed by atoms with van der Waals surface area (Å²) in [5.41, 5.74) is 5.10. The van der Waals surface area contributed by atoms with Crippen LogP contribution in [0, 0.1) is 131 Å². The van der Waals surface area contributed by atoms with Crippen molar-refractivity contribution in [3.8, 4) is 0 Å². The van der Waals surface area contributed by atoms with Crippen LogP contribution in [0.4, 0.5) is 0 Å². The van der Waals surface area contributed by atoms with E-state index in [0.717, 1.165) is 70.5 Å². The molecule has 0 aromatic carbocycles. The third-order valence-corrected chi connectivity index (χ3v) is 23.7. The quantitative estimate of drug-likeness (QED) is 0.216. The molecule has 0 amide bonds. The smallest absolute Gasteiger partial charge is 0.0297 e. The predicted molar refractivity (Wildman–Crippen MR) is 369 cm³/mol. The predicted octanol–water partition coefficient (Wildman–Crippen LogP) is 28.3. The lowest BCUT2D eigenvalue weighted by atomic mass is 9.68. The minimum absolute atomic E-state index is 0.437. The van der Waals surface area contributed by atoms with Gasteiger partial charge in [0.25, 0.3) is 0 Å². The molecule has 0 bridgehead atoms. The first kappa shape index (κ1) is 86.8. The second kappa shape index (κ2) is 36.1. The molecule has 0 aromatic heterocycles. The van der Waals surface area contributed by atoms with Gasteiger partial charge < -0.3 is 0 Å². The molecule has 5 aliphatic rings. The van der Waals surface area contributed by atoms with Crippen molar-refractivity contribution in [3.63, 3.8) is 0 Å². The van der Waals surface area contributed by atoms with Gasteiger partial charge in [-0.1, -0.05) is 323 Å². The van der Waals surface area contributed by atoms with Crippen molar-refractivity contribution < 1.29 is 0 Å². The Kier molecular flexibility index (Phi) is 40.2. The maximum Gasteiger partial charge on any atom is -0.0297 e. The van der Waals surface area contributed by atoms with Gasteiger partial charge in [0.2, 0.25) is 0 Å². The Morgan fingerprint density at radius 2 is 0.692 bits per heavy atom. The Balaban J connectivity index is -0.000000253. The lowest BCUT2D eigenvalue weighted by molar-refractivity contribution is 0.120. The molecule has 5 fully saturated rings. The first-order chi connectivity index (χ1) is 34.2. The molecule has 6 atom stereocenters. The van der Waals surface area contributed by atoms with Gasteiger partial charge in [-0.05, 0) is 182 Å². The van der Waals surface area contributed by atoms with E-state index in [1.54, 1.807) is 19.3 Å². The van der Waals surface area contributed by atoms with Crippen molar-refractivity contribution in [3.05, 3.63) is 0 Å². The molecule has 0 spiro atoms. The monoisotopic (exact) mass is 1100 g/mol. The Bertz CT molecular complexity index is 1320. The molecular formula is C78H166. The van der Waals surface area contributed by atoms with Crippen LogP contribution in [0.15, 0.2) is 0 Å². The summed E-state index contributed by atoms with van der Waals surface area (Å²) in [4.78, 5) is 0. The molecule has 4 unspecified atom stereocenters. The molecule has 0 nitrogen and oxygen atoms in total. The second-order valence-corrected chi connectivity index (χ2v) is 37.4. The molecule has 5 saturated carbocycles. The van der Waals surface area contributed by atoms with Crippen LogP contribution < -0.4 is 0 Å². The topological polar surface area (TPSA) is 0 Å². The van der Waals surface area contributed by atoms with E-state index in [0.29, 0.717) is 48.7 Å². The van der Waals surface area contributed by atoms with Gasteiger partial charge in [-0.15, -0.1) is 0 Å². The van der Waals surface area contributed by atoms with E-state index in [-0.39, 0.29) is 0 Å². The second-order valence-electron chi connectivity index (χ2n) is 37.4. The maximum absolute atomic E-state index is 2.44. The SMILES string of the molecule is CC(C)(C)C(C)(C)C.CC(C)(C)C(C)(C)C.CC(C)C(C)C(C)C.CC1(C2CC2)CC1.CC1CC(C)C1C.CCC(C)(C)C(C)(C)C.CCC(C)(C)C(C)C.CCC(C)C(C)(C)C.CC[C@@H](C)C(C)(C)C.C[C@H]1CC1C1CC1. The molecule has 0 saturated heterocycles. The Morgan fingerprint density at radius 3 is 0.718 bits per heavy atom. The third kappa shape index (κ3) is 41.1. The Hall–Kier alpha value is 0. The molecule has 0 aromatic rings. The molecule has 5 aliphatic carbocycles. The fourth-order valence-electron chi connectivity index (χ4n) is 7.23. The minimum atomic E-state index is 0.437. The summed E-state index contributed by atoms with van der Waals surface area (Å²) in [6.45, 7) is 98.7. The minimum Gasteiger partial charge on any atom is -0.0651 e.